The van der Waals surface area contributed by atoms with Crippen molar-refractivity contribution in [1.29, 1.82) is 0 Å². The average molecular weight is 372 g/mol. The third-order valence-electron chi connectivity index (χ3n) is 4.81. The van der Waals surface area contributed by atoms with E-state index in [1.165, 1.54) is 18.4 Å². The van der Waals surface area contributed by atoms with Crippen molar-refractivity contribution in [3.05, 3.63) is 46.5 Å². The van der Waals surface area contributed by atoms with Crippen LogP contribution in [0, 0.1) is 4.77 Å². The number of likely N-dealkylation sites (N-methyl/N-ethyl adjacent to an activating group) is 1. The van der Waals surface area contributed by atoms with E-state index in [0.29, 0.717) is 25.2 Å². The Hall–Kier alpha value is -1.99. The highest BCUT2D eigenvalue weighted by Crippen LogP contribution is 2.39. The molecule has 2 fully saturated rings. The van der Waals surface area contributed by atoms with Gasteiger partial charge in [0, 0.05) is 12.0 Å². The summed E-state index contributed by atoms with van der Waals surface area (Å²) in [5.74, 6) is 1.67. The summed E-state index contributed by atoms with van der Waals surface area (Å²) in [7, 11) is 1.93. The van der Waals surface area contributed by atoms with E-state index in [4.69, 9.17) is 17.3 Å². The number of hydrogen-bond acceptors (Lipinski definition) is 4. The van der Waals surface area contributed by atoms with Gasteiger partial charge in [0.2, 0.25) is 5.91 Å². The molecule has 0 spiro atoms. The van der Waals surface area contributed by atoms with Gasteiger partial charge in [-0.05, 0) is 50.5 Å². The molecule has 0 radical (unpaired) electrons. The number of carbonyl (C=O) groups excluding carboxylic acids is 1. The summed E-state index contributed by atoms with van der Waals surface area (Å²) in [6.07, 6.45) is 4.57. The van der Waals surface area contributed by atoms with Crippen molar-refractivity contribution in [1.82, 2.24) is 24.6 Å². The minimum absolute atomic E-state index is 0.0765. The van der Waals surface area contributed by atoms with Crippen LogP contribution in [0.25, 0.3) is 0 Å². The Labute approximate surface area is 158 Å². The lowest BCUT2D eigenvalue weighted by Gasteiger charge is -2.15. The van der Waals surface area contributed by atoms with Crippen LogP contribution in [-0.2, 0) is 18.0 Å². The molecule has 1 heterocycles. The summed E-state index contributed by atoms with van der Waals surface area (Å²) < 4.78 is 4.74. The first-order chi connectivity index (χ1) is 12.6. The second-order valence-electron chi connectivity index (χ2n) is 7.48. The molecular weight excluding hydrogens is 346 g/mol. The molecule has 2 aliphatic rings. The number of hydrogen-bond donors (Lipinski definition) is 1. The number of carbonyl (C=O) groups is 1. The molecule has 1 N–H and O–H groups in total. The maximum absolute atomic E-state index is 12.0. The van der Waals surface area contributed by atoms with Crippen molar-refractivity contribution in [3.63, 3.8) is 0 Å². The van der Waals surface area contributed by atoms with Crippen molar-refractivity contribution in [2.24, 2.45) is 0 Å². The standard InChI is InChI=1S/C19H25N5OS/c1-22(12-17(25)20-16-9-10-16)13-24-19(26)23(18(21-24)15-7-8-15)11-14-5-3-2-4-6-14/h2-6,15-16H,7-13H2,1H3,(H,20,25). The number of amides is 1. The number of nitrogens with one attached hydrogen (secondary N) is 1. The Kier molecular flexibility index (Phi) is 4.91. The molecule has 1 amide bonds. The molecule has 6 nitrogen and oxygen atoms in total. The lowest BCUT2D eigenvalue weighted by atomic mass is 10.2. The smallest absolute Gasteiger partial charge is 0.234 e. The Balaban J connectivity index is 1.48. The highest BCUT2D eigenvalue weighted by atomic mass is 32.1. The zero-order valence-corrected chi connectivity index (χ0v) is 15.9. The van der Waals surface area contributed by atoms with Crippen LogP contribution >= 0.6 is 12.2 Å². The SMILES string of the molecule is CN(CC(=O)NC1CC1)Cn1nc(C2CC2)n(Cc2ccccc2)c1=S. The molecule has 0 aliphatic heterocycles. The fraction of sp³-hybridized carbons (Fsp3) is 0.526. The van der Waals surface area contributed by atoms with Gasteiger partial charge in [-0.1, -0.05) is 30.3 Å². The summed E-state index contributed by atoms with van der Waals surface area (Å²) in [5, 5.41) is 7.81. The first kappa shape index (κ1) is 17.4. The van der Waals surface area contributed by atoms with Crippen LogP contribution in [0.2, 0.25) is 0 Å². The predicted octanol–water partition coefficient (Wildman–Crippen LogP) is 2.51. The quantitative estimate of drug-likeness (QED) is 0.725. The molecule has 138 valence electrons. The van der Waals surface area contributed by atoms with Crippen LogP contribution < -0.4 is 5.32 Å². The molecule has 2 aliphatic carbocycles. The van der Waals surface area contributed by atoms with E-state index in [0.717, 1.165) is 30.0 Å². The normalized spacial score (nSPS) is 16.8. The fourth-order valence-corrected chi connectivity index (χ4v) is 3.39. The van der Waals surface area contributed by atoms with Crippen molar-refractivity contribution < 1.29 is 4.79 Å². The average Bonchev–Trinajstić information content (AvgIpc) is 3.52. The molecule has 0 saturated heterocycles. The van der Waals surface area contributed by atoms with E-state index in [1.54, 1.807) is 0 Å². The van der Waals surface area contributed by atoms with Gasteiger partial charge >= 0.3 is 0 Å². The molecule has 1 aromatic heterocycles. The van der Waals surface area contributed by atoms with Crippen LogP contribution in [0.1, 0.15) is 43.0 Å². The largest absolute Gasteiger partial charge is 0.352 e. The molecule has 0 unspecified atom stereocenters. The Bertz CT molecular complexity index is 835. The number of nitrogens with zero attached hydrogens (tertiary/aromatic N) is 4. The second kappa shape index (κ2) is 7.32. The van der Waals surface area contributed by atoms with Gasteiger partial charge in [-0.15, -0.1) is 0 Å². The topological polar surface area (TPSA) is 55.1 Å². The lowest BCUT2D eigenvalue weighted by molar-refractivity contribution is -0.122. The van der Waals surface area contributed by atoms with Crippen molar-refractivity contribution in [2.45, 2.75) is 50.9 Å². The maximum Gasteiger partial charge on any atom is 0.234 e. The van der Waals surface area contributed by atoms with Gasteiger partial charge < -0.3 is 5.32 Å². The van der Waals surface area contributed by atoms with Crippen LogP contribution in [0.4, 0.5) is 0 Å². The fourth-order valence-electron chi connectivity index (χ4n) is 3.13. The molecule has 4 rings (SSSR count). The van der Waals surface area contributed by atoms with Gasteiger partial charge in [0.1, 0.15) is 5.82 Å². The Morgan fingerprint density at radius 3 is 2.65 bits per heavy atom. The van der Waals surface area contributed by atoms with Crippen LogP contribution in [0.15, 0.2) is 30.3 Å². The van der Waals surface area contributed by atoms with Crippen molar-refractivity contribution >= 4 is 18.1 Å². The van der Waals surface area contributed by atoms with Gasteiger partial charge in [-0.2, -0.15) is 5.10 Å². The summed E-state index contributed by atoms with van der Waals surface area (Å²) in [6, 6.07) is 10.7. The van der Waals surface area contributed by atoms with E-state index in [1.807, 2.05) is 34.8 Å². The molecular formula is C19H25N5OS. The maximum atomic E-state index is 12.0. The summed E-state index contributed by atoms with van der Waals surface area (Å²) in [6.45, 7) is 1.64. The van der Waals surface area contributed by atoms with Gasteiger partial charge in [0.25, 0.3) is 0 Å². The first-order valence-electron chi connectivity index (χ1n) is 9.29. The van der Waals surface area contributed by atoms with Gasteiger partial charge in [-0.25, -0.2) is 4.68 Å². The van der Waals surface area contributed by atoms with Gasteiger partial charge in [0.15, 0.2) is 4.77 Å². The zero-order valence-electron chi connectivity index (χ0n) is 15.1. The predicted molar refractivity (Wildman–Crippen MR) is 102 cm³/mol. The molecule has 1 aromatic carbocycles. The Morgan fingerprint density at radius 1 is 1.27 bits per heavy atom. The Morgan fingerprint density at radius 2 is 2.00 bits per heavy atom. The third kappa shape index (κ3) is 4.22. The molecule has 0 atom stereocenters. The van der Waals surface area contributed by atoms with Crippen molar-refractivity contribution in [3.8, 4) is 0 Å². The van der Waals surface area contributed by atoms with Gasteiger partial charge in [0.05, 0.1) is 19.8 Å². The van der Waals surface area contributed by atoms with Gasteiger partial charge in [-0.3, -0.25) is 14.3 Å². The molecule has 2 saturated carbocycles. The minimum atomic E-state index is 0.0765. The highest BCUT2D eigenvalue weighted by molar-refractivity contribution is 7.71. The molecule has 26 heavy (non-hydrogen) atoms. The molecule has 2 aromatic rings. The summed E-state index contributed by atoms with van der Waals surface area (Å²) in [5.41, 5.74) is 1.22. The summed E-state index contributed by atoms with van der Waals surface area (Å²) >= 11 is 5.71. The number of aromatic nitrogens is 3. The number of benzene rings is 1. The van der Waals surface area contributed by atoms with E-state index < -0.39 is 0 Å². The van der Waals surface area contributed by atoms with Crippen LogP contribution in [0.5, 0.6) is 0 Å². The van der Waals surface area contributed by atoms with E-state index in [-0.39, 0.29) is 5.91 Å². The minimum Gasteiger partial charge on any atom is -0.352 e. The van der Waals surface area contributed by atoms with E-state index >= 15 is 0 Å². The third-order valence-corrected chi connectivity index (χ3v) is 5.24. The lowest BCUT2D eigenvalue weighted by Crippen LogP contribution is -2.37. The van der Waals surface area contributed by atoms with Crippen molar-refractivity contribution in [2.75, 3.05) is 13.6 Å². The molecule has 0 bridgehead atoms. The zero-order chi connectivity index (χ0) is 18.1. The van der Waals surface area contributed by atoms with E-state index in [9.17, 15) is 4.79 Å². The van der Waals surface area contributed by atoms with Crippen LogP contribution in [-0.4, -0.2) is 44.8 Å². The van der Waals surface area contributed by atoms with Crippen LogP contribution in [0.3, 0.4) is 0 Å². The molecule has 7 heteroatoms. The van der Waals surface area contributed by atoms with E-state index in [2.05, 4.69) is 22.0 Å². The summed E-state index contributed by atoms with van der Waals surface area (Å²) in [4.78, 5) is 14.0. The second-order valence-corrected chi connectivity index (χ2v) is 7.85. The number of rotatable bonds is 8. The first-order valence-corrected chi connectivity index (χ1v) is 9.70. The monoisotopic (exact) mass is 371 g/mol. The highest BCUT2D eigenvalue weighted by Gasteiger charge is 2.30.